The number of halogens is 1. The summed E-state index contributed by atoms with van der Waals surface area (Å²) in [5, 5.41) is 5.72. The highest BCUT2D eigenvalue weighted by Crippen LogP contribution is 2.36. The second kappa shape index (κ2) is 6.60. The molecule has 0 fully saturated rings. The lowest BCUT2D eigenvalue weighted by Gasteiger charge is -2.09. The van der Waals surface area contributed by atoms with Crippen LogP contribution in [0.3, 0.4) is 0 Å². The van der Waals surface area contributed by atoms with E-state index in [0.29, 0.717) is 0 Å². The van der Waals surface area contributed by atoms with Gasteiger partial charge < -0.3 is 9.73 Å². The first-order valence-electron chi connectivity index (χ1n) is 8.81. The molecule has 0 saturated carbocycles. The molecule has 0 spiro atoms. The molecule has 1 aromatic heterocycles. The van der Waals surface area contributed by atoms with Crippen LogP contribution in [-0.2, 0) is 0 Å². The molecule has 5 aromatic rings. The first kappa shape index (κ1) is 16.2. The number of furan rings is 1. The molecule has 1 N–H and O–H groups in total. The molecule has 1 heterocycles. The number of nitrogens with one attached hydrogen (secondary N) is 1. The summed E-state index contributed by atoms with van der Waals surface area (Å²) in [7, 11) is 0. The van der Waals surface area contributed by atoms with Gasteiger partial charge in [0.05, 0.1) is 4.47 Å². The highest BCUT2D eigenvalue weighted by atomic mass is 79.9. The second-order valence-electron chi connectivity index (χ2n) is 6.50. The van der Waals surface area contributed by atoms with Gasteiger partial charge in [0, 0.05) is 22.1 Å². The van der Waals surface area contributed by atoms with E-state index in [2.05, 4.69) is 88.0 Å². The average molecular weight is 414 g/mol. The van der Waals surface area contributed by atoms with E-state index in [1.165, 1.54) is 11.1 Å². The molecule has 0 radical (unpaired) electrons. The minimum absolute atomic E-state index is 0.876. The van der Waals surface area contributed by atoms with Gasteiger partial charge in [0.15, 0.2) is 0 Å². The summed E-state index contributed by atoms with van der Waals surface area (Å²) in [6, 6.07) is 31.2. The molecule has 0 atom stereocenters. The number of hydrogen-bond acceptors (Lipinski definition) is 2. The summed E-state index contributed by atoms with van der Waals surface area (Å²) in [5.74, 6) is 0. The predicted molar refractivity (Wildman–Crippen MR) is 117 cm³/mol. The molecule has 0 bridgehead atoms. The van der Waals surface area contributed by atoms with Crippen LogP contribution in [-0.4, -0.2) is 0 Å². The Morgan fingerprint density at radius 2 is 1.33 bits per heavy atom. The number of anilines is 2. The molecule has 27 heavy (non-hydrogen) atoms. The van der Waals surface area contributed by atoms with Crippen LogP contribution in [0, 0.1) is 0 Å². The number of rotatable bonds is 3. The fourth-order valence-corrected chi connectivity index (χ4v) is 3.94. The van der Waals surface area contributed by atoms with E-state index in [4.69, 9.17) is 4.42 Å². The Morgan fingerprint density at radius 1 is 0.630 bits per heavy atom. The zero-order valence-corrected chi connectivity index (χ0v) is 16.0. The van der Waals surface area contributed by atoms with Crippen LogP contribution in [0.5, 0.6) is 0 Å². The van der Waals surface area contributed by atoms with Gasteiger partial charge in [0.2, 0.25) is 0 Å². The molecular formula is C24H16BrNO. The van der Waals surface area contributed by atoms with Crippen molar-refractivity contribution in [2.75, 3.05) is 5.32 Å². The zero-order valence-electron chi connectivity index (χ0n) is 14.4. The van der Waals surface area contributed by atoms with E-state index in [9.17, 15) is 0 Å². The van der Waals surface area contributed by atoms with E-state index in [1.54, 1.807) is 0 Å². The van der Waals surface area contributed by atoms with Crippen LogP contribution in [0.4, 0.5) is 11.4 Å². The summed E-state index contributed by atoms with van der Waals surface area (Å²) in [6.45, 7) is 0. The monoisotopic (exact) mass is 413 g/mol. The van der Waals surface area contributed by atoms with Gasteiger partial charge in [-0.1, -0.05) is 60.7 Å². The third kappa shape index (κ3) is 3.00. The Hall–Kier alpha value is -3.04. The van der Waals surface area contributed by atoms with Gasteiger partial charge in [-0.3, -0.25) is 0 Å². The van der Waals surface area contributed by atoms with Crippen molar-refractivity contribution < 1.29 is 4.42 Å². The summed E-state index contributed by atoms with van der Waals surface area (Å²) in [6.07, 6.45) is 0. The first-order valence-corrected chi connectivity index (χ1v) is 9.60. The summed E-state index contributed by atoms with van der Waals surface area (Å²) in [4.78, 5) is 0. The smallest absolute Gasteiger partial charge is 0.149 e. The average Bonchev–Trinajstić information content (AvgIpc) is 3.09. The highest BCUT2D eigenvalue weighted by Gasteiger charge is 2.11. The molecule has 0 aliphatic rings. The van der Waals surface area contributed by atoms with Gasteiger partial charge in [-0.25, -0.2) is 0 Å². The van der Waals surface area contributed by atoms with Crippen LogP contribution in [0.25, 0.3) is 33.1 Å². The minimum Gasteiger partial charge on any atom is -0.455 e. The van der Waals surface area contributed by atoms with Crippen molar-refractivity contribution in [3.63, 3.8) is 0 Å². The number of para-hydroxylation sites is 1. The van der Waals surface area contributed by atoms with Crippen LogP contribution >= 0.6 is 15.9 Å². The third-order valence-corrected chi connectivity index (χ3v) is 5.30. The molecular weight excluding hydrogens is 398 g/mol. The maximum absolute atomic E-state index is 5.98. The normalized spacial score (nSPS) is 11.1. The summed E-state index contributed by atoms with van der Waals surface area (Å²) >= 11 is 3.65. The van der Waals surface area contributed by atoms with Crippen molar-refractivity contribution in [3.05, 3.63) is 95.5 Å². The van der Waals surface area contributed by atoms with Crippen LogP contribution < -0.4 is 5.32 Å². The summed E-state index contributed by atoms with van der Waals surface area (Å²) in [5.41, 5.74) is 6.28. The lowest BCUT2D eigenvalue weighted by molar-refractivity contribution is 0.667. The quantitative estimate of drug-likeness (QED) is 0.326. The van der Waals surface area contributed by atoms with Crippen molar-refractivity contribution in [3.8, 4) is 11.1 Å². The number of hydrogen-bond donors (Lipinski definition) is 1. The van der Waals surface area contributed by atoms with Crippen molar-refractivity contribution in [1.82, 2.24) is 0 Å². The lowest BCUT2D eigenvalue weighted by Crippen LogP contribution is -1.90. The molecule has 130 valence electrons. The van der Waals surface area contributed by atoms with E-state index in [0.717, 1.165) is 37.8 Å². The number of benzene rings is 4. The van der Waals surface area contributed by atoms with E-state index in [1.807, 2.05) is 24.3 Å². The van der Waals surface area contributed by atoms with Crippen LogP contribution in [0.1, 0.15) is 0 Å². The Kier molecular flexibility index (Phi) is 3.95. The molecule has 0 saturated heterocycles. The van der Waals surface area contributed by atoms with E-state index in [-0.39, 0.29) is 0 Å². The van der Waals surface area contributed by atoms with Gasteiger partial charge in [-0.15, -0.1) is 0 Å². The highest BCUT2D eigenvalue weighted by molar-refractivity contribution is 9.10. The van der Waals surface area contributed by atoms with Gasteiger partial charge in [-0.2, -0.15) is 0 Å². The van der Waals surface area contributed by atoms with Crippen molar-refractivity contribution in [2.24, 2.45) is 0 Å². The summed E-state index contributed by atoms with van der Waals surface area (Å²) < 4.78 is 6.92. The van der Waals surface area contributed by atoms with Crippen molar-refractivity contribution >= 4 is 49.2 Å². The minimum atomic E-state index is 0.876. The maximum Gasteiger partial charge on any atom is 0.149 e. The fourth-order valence-electron chi connectivity index (χ4n) is 3.40. The van der Waals surface area contributed by atoms with E-state index >= 15 is 0 Å². The van der Waals surface area contributed by atoms with Crippen LogP contribution in [0.15, 0.2) is 99.9 Å². The lowest BCUT2D eigenvalue weighted by atomic mass is 10.1. The molecule has 0 unspecified atom stereocenters. The number of fused-ring (bicyclic) bond motifs is 3. The third-order valence-electron chi connectivity index (χ3n) is 4.71. The standard InChI is InChI=1S/C24H16BrNO/c25-22-15-19(14-21-20-8-4-5-9-23(20)27-24(21)22)26-18-12-10-17(11-13-18)16-6-2-1-3-7-16/h1-15,26H. The van der Waals surface area contributed by atoms with Gasteiger partial charge in [-0.05, 0) is 57.4 Å². The molecule has 3 heteroatoms. The SMILES string of the molecule is Brc1cc(Nc2ccc(-c3ccccc3)cc2)cc2c1oc1ccccc12. The maximum atomic E-state index is 5.98. The molecule has 4 aromatic carbocycles. The Labute approximate surface area is 165 Å². The molecule has 2 nitrogen and oxygen atoms in total. The zero-order chi connectivity index (χ0) is 18.2. The molecule has 0 aliphatic carbocycles. The Balaban J connectivity index is 1.50. The second-order valence-corrected chi connectivity index (χ2v) is 7.36. The Bertz CT molecular complexity index is 1240. The van der Waals surface area contributed by atoms with Crippen molar-refractivity contribution in [1.29, 1.82) is 0 Å². The molecule has 0 amide bonds. The van der Waals surface area contributed by atoms with Gasteiger partial charge in [0.25, 0.3) is 0 Å². The molecule has 0 aliphatic heterocycles. The Morgan fingerprint density at radius 3 is 2.15 bits per heavy atom. The van der Waals surface area contributed by atoms with Gasteiger partial charge >= 0.3 is 0 Å². The van der Waals surface area contributed by atoms with Crippen LogP contribution in [0.2, 0.25) is 0 Å². The van der Waals surface area contributed by atoms with Gasteiger partial charge in [0.1, 0.15) is 11.2 Å². The predicted octanol–water partition coefficient (Wildman–Crippen LogP) is 7.76. The first-order chi connectivity index (χ1) is 13.3. The largest absolute Gasteiger partial charge is 0.455 e. The topological polar surface area (TPSA) is 25.2 Å². The molecule has 5 rings (SSSR count). The fraction of sp³-hybridized carbons (Fsp3) is 0. The van der Waals surface area contributed by atoms with Crippen molar-refractivity contribution in [2.45, 2.75) is 0 Å². The van der Waals surface area contributed by atoms with E-state index < -0.39 is 0 Å².